The first-order valence-electron chi connectivity index (χ1n) is 14.7. The quantitative estimate of drug-likeness (QED) is 0.502. The molecule has 1 aromatic rings. The summed E-state index contributed by atoms with van der Waals surface area (Å²) in [5.41, 5.74) is -0.892. The van der Waals surface area contributed by atoms with E-state index >= 15 is 0 Å². The van der Waals surface area contributed by atoms with Crippen molar-refractivity contribution in [3.05, 3.63) is 35.9 Å². The highest BCUT2D eigenvalue weighted by molar-refractivity contribution is 5.90. The summed E-state index contributed by atoms with van der Waals surface area (Å²) in [7, 11) is 0. The molecule has 4 fully saturated rings. The maximum absolute atomic E-state index is 13.7. The van der Waals surface area contributed by atoms with Gasteiger partial charge in [-0.05, 0) is 78.9 Å². The molecule has 0 amide bonds. The first kappa shape index (κ1) is 26.0. The fourth-order valence-corrected chi connectivity index (χ4v) is 10.1. The van der Waals surface area contributed by atoms with Crippen molar-refractivity contribution < 1.29 is 34.4 Å². The first-order valence-corrected chi connectivity index (χ1v) is 14.7. The second kappa shape index (κ2) is 9.02. The van der Waals surface area contributed by atoms with Gasteiger partial charge in [0.1, 0.15) is 19.8 Å². The van der Waals surface area contributed by atoms with E-state index in [0.29, 0.717) is 38.6 Å². The number of ketones is 1. The molecule has 0 radical (unpaired) electrons. The Bertz CT molecular complexity index is 1190. The zero-order chi connectivity index (χ0) is 27.2. The van der Waals surface area contributed by atoms with Crippen LogP contribution in [0.1, 0.15) is 51.5 Å². The lowest BCUT2D eigenvalue weighted by Gasteiger charge is -2.61. The van der Waals surface area contributed by atoms with Crippen molar-refractivity contribution in [3.63, 3.8) is 0 Å². The highest BCUT2D eigenvalue weighted by Crippen LogP contribution is 2.71. The van der Waals surface area contributed by atoms with E-state index in [2.05, 4.69) is 19.9 Å². The van der Waals surface area contributed by atoms with E-state index in [9.17, 15) is 20.1 Å². The van der Waals surface area contributed by atoms with Gasteiger partial charge in [0.15, 0.2) is 22.9 Å². The van der Waals surface area contributed by atoms with Crippen molar-refractivity contribution in [2.24, 2.45) is 40.4 Å². The summed E-state index contributed by atoms with van der Waals surface area (Å²) in [5, 5.41) is 34.2. The van der Waals surface area contributed by atoms with Crippen molar-refractivity contribution >= 4 is 5.78 Å². The lowest BCUT2D eigenvalue weighted by Crippen LogP contribution is -2.64. The van der Waals surface area contributed by atoms with Gasteiger partial charge in [0.05, 0.1) is 12.2 Å². The Kier molecular flexibility index (Phi) is 6.00. The molecule has 1 saturated heterocycles. The number of allylic oxidation sites excluding steroid dienone is 1. The zero-order valence-electron chi connectivity index (χ0n) is 22.9. The fraction of sp³-hybridized carbons (Fsp3) is 0.710. The molecule has 2 aliphatic heterocycles. The fourth-order valence-electron chi connectivity index (χ4n) is 10.1. The molecule has 7 rings (SSSR count). The summed E-state index contributed by atoms with van der Waals surface area (Å²) in [6.07, 6.45) is 7.16. The second-order valence-electron chi connectivity index (χ2n) is 13.4. The smallest absolute Gasteiger partial charge is 0.192 e. The number of aliphatic hydroxyl groups is 3. The maximum Gasteiger partial charge on any atom is 0.192 e. The van der Waals surface area contributed by atoms with Crippen LogP contribution >= 0.6 is 0 Å². The molecule has 1 unspecified atom stereocenters. The summed E-state index contributed by atoms with van der Waals surface area (Å²) >= 11 is 0. The van der Waals surface area contributed by atoms with E-state index in [1.165, 1.54) is 0 Å². The van der Waals surface area contributed by atoms with Crippen LogP contribution in [0.3, 0.4) is 0 Å². The summed E-state index contributed by atoms with van der Waals surface area (Å²) in [4.78, 5) is 20.4. The normalized spacial score (nSPS) is 46.2. The summed E-state index contributed by atoms with van der Waals surface area (Å²) in [5.74, 6) is 2.07. The number of ether oxygens (including phenoxy) is 2. The number of aliphatic hydroxyl groups excluding tert-OH is 3. The third kappa shape index (κ3) is 3.58. The molecule has 8 nitrogen and oxygen atoms in total. The number of carbonyl (C=O) groups excluding carboxylic acids is 1. The van der Waals surface area contributed by atoms with Gasteiger partial charge in [-0.2, -0.15) is 5.06 Å². The van der Waals surface area contributed by atoms with E-state index in [0.717, 1.165) is 42.7 Å². The molecule has 10 atom stereocenters. The number of nitrogens with zero attached hydrogens (tertiary/aromatic N) is 1. The Morgan fingerprint density at radius 3 is 2.67 bits per heavy atom. The van der Waals surface area contributed by atoms with Gasteiger partial charge < -0.3 is 24.8 Å². The first-order chi connectivity index (χ1) is 18.7. The maximum atomic E-state index is 13.7. The van der Waals surface area contributed by atoms with Crippen LogP contribution in [0.5, 0.6) is 11.5 Å². The Labute approximate surface area is 229 Å². The van der Waals surface area contributed by atoms with Gasteiger partial charge in [-0.25, -0.2) is 0 Å². The number of hydroxylamine groups is 2. The molecular formula is C31H41NO7. The molecule has 3 N–H and O–H groups in total. The van der Waals surface area contributed by atoms with Crippen molar-refractivity contribution in [1.82, 2.24) is 5.06 Å². The van der Waals surface area contributed by atoms with Crippen molar-refractivity contribution in [3.8, 4) is 11.5 Å². The van der Waals surface area contributed by atoms with Crippen LogP contribution in [0.15, 0.2) is 30.4 Å². The molecule has 39 heavy (non-hydrogen) atoms. The van der Waals surface area contributed by atoms with Crippen LogP contribution in [-0.2, 0) is 16.2 Å². The summed E-state index contributed by atoms with van der Waals surface area (Å²) in [6.45, 7) is 5.99. The molecule has 6 aliphatic rings. The molecule has 2 heterocycles. The largest absolute Gasteiger partial charge is 0.486 e. The second-order valence-corrected chi connectivity index (χ2v) is 13.4. The number of rotatable bonds is 4. The SMILES string of the molecule is C[C@]12C=CC(O)C[C@@H]1CC[C@@H]1[C@@H]2[C@@H](O)C[C@@]2(C)[C@H]1C[C@H]1CN(Cc3ccc4c(c3)OCCO4)O[C@]12C(=O)CO. The van der Waals surface area contributed by atoms with Gasteiger partial charge in [-0.1, -0.05) is 32.1 Å². The number of hydrogen-bond donors (Lipinski definition) is 3. The van der Waals surface area contributed by atoms with E-state index in [4.69, 9.17) is 14.3 Å². The molecule has 212 valence electrons. The van der Waals surface area contributed by atoms with E-state index in [1.807, 2.05) is 29.3 Å². The third-order valence-corrected chi connectivity index (χ3v) is 11.7. The van der Waals surface area contributed by atoms with E-state index in [-0.39, 0.29) is 34.9 Å². The van der Waals surface area contributed by atoms with Crippen molar-refractivity contribution in [2.45, 2.75) is 70.3 Å². The minimum atomic E-state index is -1.15. The molecule has 0 bridgehead atoms. The van der Waals surface area contributed by atoms with Crippen LogP contribution in [0.25, 0.3) is 0 Å². The minimum absolute atomic E-state index is 0.0513. The number of benzene rings is 1. The van der Waals surface area contributed by atoms with Crippen molar-refractivity contribution in [1.29, 1.82) is 0 Å². The summed E-state index contributed by atoms with van der Waals surface area (Å²) < 4.78 is 11.4. The Balaban J connectivity index is 1.19. The van der Waals surface area contributed by atoms with Crippen molar-refractivity contribution in [2.75, 3.05) is 26.4 Å². The summed E-state index contributed by atoms with van der Waals surface area (Å²) in [6, 6.07) is 5.89. The molecule has 1 aromatic carbocycles. The zero-order valence-corrected chi connectivity index (χ0v) is 22.9. The average Bonchev–Trinajstić information content (AvgIpc) is 3.40. The van der Waals surface area contributed by atoms with Gasteiger partial charge in [-0.15, -0.1) is 0 Å². The van der Waals surface area contributed by atoms with E-state index < -0.39 is 29.8 Å². The number of Topliss-reactive ketones (excluding diaryl/α,β-unsaturated/α-hetero) is 1. The molecule has 3 saturated carbocycles. The predicted molar refractivity (Wildman–Crippen MR) is 142 cm³/mol. The Hall–Kier alpha value is -1.97. The van der Waals surface area contributed by atoms with Gasteiger partial charge in [0.25, 0.3) is 0 Å². The third-order valence-electron chi connectivity index (χ3n) is 11.7. The highest BCUT2D eigenvalue weighted by Gasteiger charge is 2.75. The minimum Gasteiger partial charge on any atom is -0.486 e. The lowest BCUT2D eigenvalue weighted by atomic mass is 9.44. The average molecular weight is 540 g/mol. The topological polar surface area (TPSA) is 109 Å². The van der Waals surface area contributed by atoms with Crippen LogP contribution in [0.2, 0.25) is 0 Å². The predicted octanol–water partition coefficient (Wildman–Crippen LogP) is 2.88. The molecular weight excluding hydrogens is 498 g/mol. The number of carbonyl (C=O) groups is 1. The van der Waals surface area contributed by atoms with Crippen LogP contribution in [0.4, 0.5) is 0 Å². The van der Waals surface area contributed by atoms with E-state index in [1.54, 1.807) is 0 Å². The van der Waals surface area contributed by atoms with Gasteiger partial charge in [0.2, 0.25) is 0 Å². The monoisotopic (exact) mass is 539 g/mol. The number of hydrogen-bond acceptors (Lipinski definition) is 8. The standard InChI is InChI=1S/C31H41NO7/c1-29-8-7-21(34)12-19(29)4-5-22-23-13-20-16-32(15-18-3-6-25-26(11-18)38-10-9-37-25)39-31(20,27(36)17-33)30(23,2)14-24(35)28(22)29/h3,6-8,11,19-24,28,33-35H,4-5,9-10,12-17H2,1-2H3/t19-,20-,21?,22-,23-,24-,28+,29-,30-,31-/m0/s1. The molecule has 8 heteroatoms. The van der Waals surface area contributed by atoms with Gasteiger partial charge >= 0.3 is 0 Å². The number of fused-ring (bicyclic) bond motifs is 8. The van der Waals surface area contributed by atoms with Gasteiger partial charge in [-0.3, -0.25) is 9.63 Å². The van der Waals surface area contributed by atoms with Crippen LogP contribution in [-0.4, -0.2) is 70.3 Å². The van der Waals surface area contributed by atoms with Crippen LogP contribution in [0, 0.1) is 40.4 Å². The molecule has 0 aromatic heterocycles. The van der Waals surface area contributed by atoms with Gasteiger partial charge in [0, 0.05) is 24.4 Å². The lowest BCUT2D eigenvalue weighted by molar-refractivity contribution is -0.258. The molecule has 0 spiro atoms. The Morgan fingerprint density at radius 1 is 1.08 bits per heavy atom. The van der Waals surface area contributed by atoms with Crippen LogP contribution < -0.4 is 9.47 Å². The Morgan fingerprint density at radius 2 is 1.87 bits per heavy atom. The highest BCUT2D eigenvalue weighted by atomic mass is 16.7. The molecule has 4 aliphatic carbocycles.